The summed E-state index contributed by atoms with van der Waals surface area (Å²) in [5.74, 6) is -0.898. The molecule has 0 radical (unpaired) electrons. The van der Waals surface area contributed by atoms with Gasteiger partial charge in [0.15, 0.2) is 6.10 Å². The minimum absolute atomic E-state index is 0.0833. The number of allylic oxidation sites excluding steroid dienone is 12. The number of esters is 3. The number of carbonyl (C=O) groups excluding carboxylic acids is 3. The van der Waals surface area contributed by atoms with Gasteiger partial charge in [-0.15, -0.1) is 0 Å². The van der Waals surface area contributed by atoms with Crippen molar-refractivity contribution in [3.8, 4) is 0 Å². The summed E-state index contributed by atoms with van der Waals surface area (Å²) in [5.41, 5.74) is 0. The third-order valence-electron chi connectivity index (χ3n) is 14.4. The maximum atomic E-state index is 12.9. The molecule has 440 valence electrons. The molecule has 0 fully saturated rings. The fourth-order valence-electron chi connectivity index (χ4n) is 9.51. The van der Waals surface area contributed by atoms with Crippen molar-refractivity contribution < 1.29 is 28.6 Å². The van der Waals surface area contributed by atoms with Crippen LogP contribution in [0.3, 0.4) is 0 Å². The van der Waals surface area contributed by atoms with E-state index in [0.29, 0.717) is 19.3 Å². The largest absolute Gasteiger partial charge is 0.462 e. The fourth-order valence-corrected chi connectivity index (χ4v) is 9.51. The summed E-state index contributed by atoms with van der Waals surface area (Å²) in [6.07, 6.45) is 83.6. The van der Waals surface area contributed by atoms with Gasteiger partial charge in [0.2, 0.25) is 0 Å². The monoisotopic (exact) mass is 1060 g/mol. The maximum Gasteiger partial charge on any atom is 0.306 e. The molecule has 0 aliphatic rings. The number of hydrogen-bond acceptors (Lipinski definition) is 6. The van der Waals surface area contributed by atoms with Crippen LogP contribution in [0.25, 0.3) is 0 Å². The second-order valence-electron chi connectivity index (χ2n) is 22.0. The summed E-state index contributed by atoms with van der Waals surface area (Å²) in [7, 11) is 0. The molecule has 0 spiro atoms. The Morgan fingerprint density at radius 3 is 0.855 bits per heavy atom. The first-order valence-electron chi connectivity index (χ1n) is 32.9. The molecule has 0 aliphatic carbocycles. The Hall–Kier alpha value is -3.15. The number of carbonyl (C=O) groups is 3. The lowest BCUT2D eigenvalue weighted by Gasteiger charge is -2.18. The van der Waals surface area contributed by atoms with Gasteiger partial charge in [0.1, 0.15) is 13.2 Å². The number of hydrogen-bond donors (Lipinski definition) is 0. The van der Waals surface area contributed by atoms with E-state index in [0.717, 1.165) is 116 Å². The minimum Gasteiger partial charge on any atom is -0.462 e. The van der Waals surface area contributed by atoms with Gasteiger partial charge >= 0.3 is 17.9 Å². The summed E-state index contributed by atoms with van der Waals surface area (Å²) >= 11 is 0. The quantitative estimate of drug-likeness (QED) is 0.0261. The van der Waals surface area contributed by atoms with Gasteiger partial charge in [-0.05, 0) is 83.5 Å². The van der Waals surface area contributed by atoms with E-state index >= 15 is 0 Å². The normalized spacial score (nSPS) is 12.5. The van der Waals surface area contributed by atoms with Gasteiger partial charge in [0.25, 0.3) is 0 Å². The van der Waals surface area contributed by atoms with Crippen molar-refractivity contribution in [2.75, 3.05) is 13.2 Å². The molecule has 0 aromatic carbocycles. The van der Waals surface area contributed by atoms with E-state index < -0.39 is 6.10 Å². The van der Waals surface area contributed by atoms with Crippen molar-refractivity contribution in [1.82, 2.24) is 0 Å². The van der Waals surface area contributed by atoms with Gasteiger partial charge in [0.05, 0.1) is 0 Å². The van der Waals surface area contributed by atoms with Crippen LogP contribution >= 0.6 is 0 Å². The second kappa shape index (κ2) is 64.4. The molecule has 0 amide bonds. The molecule has 0 saturated carbocycles. The summed E-state index contributed by atoms with van der Waals surface area (Å²) in [6.45, 7) is 6.51. The molecular weight excluding hydrogens is 937 g/mol. The van der Waals surface area contributed by atoms with Gasteiger partial charge in [-0.1, -0.05) is 306 Å². The van der Waals surface area contributed by atoms with Crippen molar-refractivity contribution in [3.05, 3.63) is 72.9 Å². The third-order valence-corrected chi connectivity index (χ3v) is 14.4. The van der Waals surface area contributed by atoms with Crippen molar-refractivity contribution in [1.29, 1.82) is 0 Å². The highest BCUT2D eigenvalue weighted by atomic mass is 16.6. The highest BCUT2D eigenvalue weighted by Gasteiger charge is 2.19. The molecule has 0 rings (SSSR count). The molecule has 0 heterocycles. The van der Waals surface area contributed by atoms with Crippen LogP contribution < -0.4 is 0 Å². The lowest BCUT2D eigenvalue weighted by Crippen LogP contribution is -2.30. The van der Waals surface area contributed by atoms with E-state index in [1.807, 2.05) is 0 Å². The first kappa shape index (κ1) is 72.8. The molecule has 6 nitrogen and oxygen atoms in total. The van der Waals surface area contributed by atoms with Gasteiger partial charge in [0, 0.05) is 19.3 Å². The zero-order valence-corrected chi connectivity index (χ0v) is 50.5. The highest BCUT2D eigenvalue weighted by molar-refractivity contribution is 5.71. The number of ether oxygens (including phenoxy) is 3. The Morgan fingerprint density at radius 2 is 0.526 bits per heavy atom. The lowest BCUT2D eigenvalue weighted by molar-refractivity contribution is -0.167. The van der Waals surface area contributed by atoms with Crippen LogP contribution in [-0.2, 0) is 28.6 Å². The molecule has 76 heavy (non-hydrogen) atoms. The molecular formula is C70H124O6. The van der Waals surface area contributed by atoms with Crippen LogP contribution in [0.2, 0.25) is 0 Å². The summed E-state index contributed by atoms with van der Waals surface area (Å²) in [5, 5.41) is 0. The zero-order valence-electron chi connectivity index (χ0n) is 50.5. The molecule has 0 saturated heterocycles. The maximum absolute atomic E-state index is 12.9. The van der Waals surface area contributed by atoms with Crippen LogP contribution in [-0.4, -0.2) is 37.2 Å². The predicted octanol–water partition coefficient (Wildman–Crippen LogP) is 22.5. The van der Waals surface area contributed by atoms with Crippen molar-refractivity contribution in [2.24, 2.45) is 0 Å². The fraction of sp³-hybridized carbons (Fsp3) is 0.786. The SMILES string of the molecule is CC/C=C\C/C=C\C/C=C\C/C=C\C/C=C\CCCCCCCC(=O)OC(COC(=O)CCCCCCC/C=C\CCCC)COC(=O)CCCCCCCCCCCCCCCCCCCCCCCCCCCC. The van der Waals surface area contributed by atoms with Gasteiger partial charge in [-0.25, -0.2) is 0 Å². The average molecular weight is 1060 g/mol. The van der Waals surface area contributed by atoms with Crippen molar-refractivity contribution in [2.45, 2.75) is 341 Å². The van der Waals surface area contributed by atoms with Crippen molar-refractivity contribution in [3.63, 3.8) is 0 Å². The number of rotatable bonds is 60. The van der Waals surface area contributed by atoms with E-state index in [1.165, 1.54) is 180 Å². The van der Waals surface area contributed by atoms with E-state index in [1.54, 1.807) is 0 Å². The Bertz CT molecular complexity index is 1400. The van der Waals surface area contributed by atoms with E-state index in [-0.39, 0.29) is 31.1 Å². The van der Waals surface area contributed by atoms with Gasteiger partial charge < -0.3 is 14.2 Å². The lowest BCUT2D eigenvalue weighted by atomic mass is 10.0. The van der Waals surface area contributed by atoms with Crippen LogP contribution in [0.15, 0.2) is 72.9 Å². The first-order valence-corrected chi connectivity index (χ1v) is 32.9. The van der Waals surface area contributed by atoms with E-state index in [9.17, 15) is 14.4 Å². The summed E-state index contributed by atoms with van der Waals surface area (Å²) in [4.78, 5) is 38.3. The summed E-state index contributed by atoms with van der Waals surface area (Å²) in [6, 6.07) is 0. The van der Waals surface area contributed by atoms with Crippen LogP contribution in [0.5, 0.6) is 0 Å². The first-order chi connectivity index (χ1) is 37.5. The number of unbranched alkanes of at least 4 members (excludes halogenated alkanes) is 37. The van der Waals surface area contributed by atoms with Crippen molar-refractivity contribution >= 4 is 17.9 Å². The predicted molar refractivity (Wildman–Crippen MR) is 330 cm³/mol. The van der Waals surface area contributed by atoms with Gasteiger partial charge in [-0.2, -0.15) is 0 Å². The third kappa shape index (κ3) is 61.7. The average Bonchev–Trinajstić information content (AvgIpc) is 3.42. The second-order valence-corrected chi connectivity index (χ2v) is 22.0. The Labute approximate surface area is 472 Å². The molecule has 6 heteroatoms. The standard InChI is InChI=1S/C70H124O6/c1-4-7-10-13-16-19-22-24-26-28-30-32-33-34-35-36-38-39-41-43-45-48-51-54-57-60-63-69(72)75-66-67(65-74-68(71)62-59-56-53-50-47-21-18-15-12-9-6-3)76-70(73)64-61-58-55-52-49-46-44-42-40-37-31-29-27-25-23-20-17-14-11-8-5-2/h8,11,15,17-18,20,25,27,31,37,42,44,67H,4-7,9-10,12-14,16,19,21-24,26,28-30,32-36,38-41,43,45-66H2,1-3H3/b11-8-,18-15-,20-17-,27-25-,37-31-,44-42-. The van der Waals surface area contributed by atoms with Crippen LogP contribution in [0.1, 0.15) is 335 Å². The Kier molecular flexibility index (Phi) is 61.7. The van der Waals surface area contributed by atoms with Crippen LogP contribution in [0.4, 0.5) is 0 Å². The van der Waals surface area contributed by atoms with Gasteiger partial charge in [-0.3, -0.25) is 14.4 Å². The summed E-state index contributed by atoms with van der Waals surface area (Å²) < 4.78 is 16.9. The molecule has 1 unspecified atom stereocenters. The Balaban J connectivity index is 4.25. The molecule has 0 aliphatic heterocycles. The highest BCUT2D eigenvalue weighted by Crippen LogP contribution is 2.18. The van der Waals surface area contributed by atoms with E-state index in [2.05, 4.69) is 93.7 Å². The Morgan fingerprint density at radius 1 is 0.276 bits per heavy atom. The minimum atomic E-state index is -0.789. The molecule has 0 N–H and O–H groups in total. The molecule has 1 atom stereocenters. The van der Waals surface area contributed by atoms with E-state index in [4.69, 9.17) is 14.2 Å². The zero-order chi connectivity index (χ0) is 55.0. The smallest absolute Gasteiger partial charge is 0.306 e. The molecule has 0 aromatic heterocycles. The molecule has 0 aromatic rings. The van der Waals surface area contributed by atoms with Crippen LogP contribution in [0, 0.1) is 0 Å². The molecule has 0 bridgehead atoms. The topological polar surface area (TPSA) is 78.9 Å².